The van der Waals surface area contributed by atoms with Crippen LogP contribution >= 0.6 is 0 Å². The van der Waals surface area contributed by atoms with Crippen LogP contribution in [0, 0.1) is 11.6 Å². The van der Waals surface area contributed by atoms with E-state index in [9.17, 15) is 35.2 Å². The van der Waals surface area contributed by atoms with Crippen LogP contribution in [0.25, 0.3) is 0 Å². The molecular formula is C19H18F5N3O4S. The van der Waals surface area contributed by atoms with Gasteiger partial charge in [0.2, 0.25) is 15.9 Å². The Morgan fingerprint density at radius 2 is 1.94 bits per heavy atom. The van der Waals surface area contributed by atoms with Crippen LogP contribution in [0.2, 0.25) is 0 Å². The zero-order valence-corrected chi connectivity index (χ0v) is 17.2. The summed E-state index contributed by atoms with van der Waals surface area (Å²) in [5, 5.41) is 2.52. The van der Waals surface area contributed by atoms with Crippen molar-refractivity contribution < 1.29 is 39.9 Å². The minimum atomic E-state index is -4.52. The van der Waals surface area contributed by atoms with Crippen LogP contribution in [0.15, 0.2) is 41.6 Å². The molecule has 1 amide bonds. The van der Waals surface area contributed by atoms with Crippen molar-refractivity contribution in [1.29, 1.82) is 0 Å². The molecule has 1 aliphatic heterocycles. The van der Waals surface area contributed by atoms with Gasteiger partial charge in [0.15, 0.2) is 18.2 Å². The largest absolute Gasteiger partial charge is 0.482 e. The normalized spacial score (nSPS) is 17.3. The Kier molecular flexibility index (Phi) is 6.98. The lowest BCUT2D eigenvalue weighted by Crippen LogP contribution is -2.45. The molecule has 1 atom stereocenters. The maximum absolute atomic E-state index is 13.5. The third-order valence-electron chi connectivity index (χ3n) is 4.64. The first-order chi connectivity index (χ1) is 15.0. The van der Waals surface area contributed by atoms with Crippen molar-refractivity contribution in [2.45, 2.75) is 36.5 Å². The lowest BCUT2D eigenvalue weighted by molar-refractivity contribution is -0.153. The topological polar surface area (TPSA) is 88.6 Å². The van der Waals surface area contributed by atoms with Crippen molar-refractivity contribution in [3.63, 3.8) is 0 Å². The van der Waals surface area contributed by atoms with Crippen LogP contribution in [-0.2, 0) is 21.4 Å². The molecule has 1 fully saturated rings. The van der Waals surface area contributed by atoms with Crippen molar-refractivity contribution >= 4 is 15.9 Å². The highest BCUT2D eigenvalue weighted by molar-refractivity contribution is 7.89. The maximum atomic E-state index is 13.5. The Labute approximate surface area is 180 Å². The van der Waals surface area contributed by atoms with Gasteiger partial charge in [-0.25, -0.2) is 17.2 Å². The molecule has 2 aromatic rings. The molecule has 1 aromatic heterocycles. The van der Waals surface area contributed by atoms with Crippen LogP contribution in [-0.4, -0.2) is 49.0 Å². The van der Waals surface area contributed by atoms with Gasteiger partial charge in [0.25, 0.3) is 0 Å². The number of aromatic nitrogens is 1. The van der Waals surface area contributed by atoms with Gasteiger partial charge in [0.05, 0.1) is 11.1 Å². The summed E-state index contributed by atoms with van der Waals surface area (Å²) >= 11 is 0. The Balaban J connectivity index is 1.67. The molecule has 1 saturated heterocycles. The van der Waals surface area contributed by atoms with Gasteiger partial charge >= 0.3 is 6.18 Å². The molecule has 13 heteroatoms. The zero-order valence-electron chi connectivity index (χ0n) is 16.4. The Bertz CT molecular complexity index is 1090. The summed E-state index contributed by atoms with van der Waals surface area (Å²) < 4.78 is 94.6. The predicted molar refractivity (Wildman–Crippen MR) is 101 cm³/mol. The summed E-state index contributed by atoms with van der Waals surface area (Å²) in [4.78, 5) is 15.9. The van der Waals surface area contributed by atoms with Gasteiger partial charge in [-0.3, -0.25) is 9.78 Å². The number of hydrogen-bond donors (Lipinski definition) is 1. The highest BCUT2D eigenvalue weighted by atomic mass is 32.2. The monoisotopic (exact) mass is 479 g/mol. The van der Waals surface area contributed by atoms with E-state index < -0.39 is 51.3 Å². The van der Waals surface area contributed by atoms with E-state index >= 15 is 0 Å². The first-order valence-corrected chi connectivity index (χ1v) is 10.8. The Morgan fingerprint density at radius 3 is 2.62 bits per heavy atom. The summed E-state index contributed by atoms with van der Waals surface area (Å²) in [5.41, 5.74) is 0.339. The number of nitrogens with one attached hydrogen (secondary N) is 1. The molecule has 0 spiro atoms. The van der Waals surface area contributed by atoms with Gasteiger partial charge in [-0.05, 0) is 42.7 Å². The molecule has 3 rings (SSSR count). The average Bonchev–Trinajstić information content (AvgIpc) is 3.23. The molecule has 32 heavy (non-hydrogen) atoms. The smallest absolute Gasteiger partial charge is 0.422 e. The maximum Gasteiger partial charge on any atom is 0.422 e. The number of hydrogen-bond acceptors (Lipinski definition) is 5. The minimum Gasteiger partial charge on any atom is -0.482 e. The van der Waals surface area contributed by atoms with E-state index in [1.54, 1.807) is 0 Å². The molecule has 0 bridgehead atoms. The molecule has 1 aliphatic rings. The van der Waals surface area contributed by atoms with Gasteiger partial charge in [-0.1, -0.05) is 0 Å². The third kappa shape index (κ3) is 5.71. The number of carbonyl (C=O) groups is 1. The third-order valence-corrected chi connectivity index (χ3v) is 6.55. The highest BCUT2D eigenvalue weighted by Gasteiger charge is 2.39. The van der Waals surface area contributed by atoms with E-state index in [1.165, 1.54) is 12.3 Å². The minimum absolute atomic E-state index is 0.0156. The molecule has 7 nitrogen and oxygen atoms in total. The molecule has 0 saturated carbocycles. The summed E-state index contributed by atoms with van der Waals surface area (Å²) in [6, 6.07) is 2.35. The Hall–Kier alpha value is -2.80. The van der Waals surface area contributed by atoms with E-state index in [0.717, 1.165) is 16.6 Å². The number of sulfonamides is 1. The van der Waals surface area contributed by atoms with E-state index in [1.807, 2.05) is 0 Å². The Morgan fingerprint density at radius 1 is 1.19 bits per heavy atom. The first kappa shape index (κ1) is 23.9. The van der Waals surface area contributed by atoms with Gasteiger partial charge in [-0.15, -0.1) is 0 Å². The number of alkyl halides is 3. The average molecular weight is 479 g/mol. The number of halogens is 5. The van der Waals surface area contributed by atoms with Crippen LogP contribution in [0.5, 0.6) is 5.75 Å². The number of pyridine rings is 1. The zero-order chi connectivity index (χ0) is 23.5. The summed E-state index contributed by atoms with van der Waals surface area (Å²) in [7, 11) is -4.26. The van der Waals surface area contributed by atoms with E-state index in [-0.39, 0.29) is 25.3 Å². The molecule has 1 aromatic carbocycles. The second-order valence-electron chi connectivity index (χ2n) is 7.00. The van der Waals surface area contributed by atoms with Gasteiger partial charge in [-0.2, -0.15) is 17.5 Å². The molecule has 174 valence electrons. The number of rotatable bonds is 7. The van der Waals surface area contributed by atoms with Crippen molar-refractivity contribution in [2.75, 3.05) is 13.2 Å². The molecule has 2 heterocycles. The molecular weight excluding hydrogens is 461 g/mol. The van der Waals surface area contributed by atoms with Crippen molar-refractivity contribution in [2.24, 2.45) is 0 Å². The number of benzene rings is 1. The fourth-order valence-electron chi connectivity index (χ4n) is 3.17. The second-order valence-corrected chi connectivity index (χ2v) is 8.89. The van der Waals surface area contributed by atoms with E-state index in [2.05, 4.69) is 15.0 Å². The lowest BCUT2D eigenvalue weighted by Gasteiger charge is -2.23. The number of nitrogens with zero attached hydrogens (tertiary/aromatic N) is 2. The first-order valence-electron chi connectivity index (χ1n) is 9.35. The fourth-order valence-corrected chi connectivity index (χ4v) is 4.84. The number of carbonyl (C=O) groups excluding carboxylic acids is 1. The van der Waals surface area contributed by atoms with Crippen molar-refractivity contribution in [3.05, 3.63) is 53.9 Å². The van der Waals surface area contributed by atoms with Gasteiger partial charge in [0, 0.05) is 19.3 Å². The SMILES string of the molecule is O=C(NCc1cncc(OCC(F)(F)F)c1)[C@@H]1CCCN1S(=O)(=O)c1ccc(F)c(F)c1. The van der Waals surface area contributed by atoms with E-state index in [0.29, 0.717) is 24.1 Å². The van der Waals surface area contributed by atoms with Crippen LogP contribution in [0.1, 0.15) is 18.4 Å². The van der Waals surface area contributed by atoms with Crippen molar-refractivity contribution in [3.8, 4) is 5.75 Å². The summed E-state index contributed by atoms with van der Waals surface area (Å²) in [6.45, 7) is -1.62. The highest BCUT2D eigenvalue weighted by Crippen LogP contribution is 2.27. The fraction of sp³-hybridized carbons (Fsp3) is 0.368. The standard InChI is InChI=1S/C19H18F5N3O4S/c20-15-4-3-14(7-16(15)21)32(29,30)27-5-1-2-17(27)18(28)26-9-12-6-13(10-25-8-12)31-11-19(22,23)24/h3-4,6-8,10,17H,1-2,5,9,11H2,(H,26,28)/t17-/m0/s1. The second kappa shape index (κ2) is 9.36. The summed E-state index contributed by atoms with van der Waals surface area (Å²) in [5.74, 6) is -3.31. The van der Waals surface area contributed by atoms with E-state index in [4.69, 9.17) is 0 Å². The number of ether oxygens (including phenoxy) is 1. The predicted octanol–water partition coefficient (Wildman–Crippen LogP) is 2.77. The van der Waals surface area contributed by atoms with Crippen molar-refractivity contribution in [1.82, 2.24) is 14.6 Å². The molecule has 0 aliphatic carbocycles. The molecule has 0 radical (unpaired) electrons. The van der Waals surface area contributed by atoms with Crippen LogP contribution in [0.4, 0.5) is 22.0 Å². The number of amides is 1. The lowest BCUT2D eigenvalue weighted by atomic mass is 10.2. The molecule has 0 unspecified atom stereocenters. The van der Waals surface area contributed by atoms with Gasteiger partial charge < -0.3 is 10.1 Å². The van der Waals surface area contributed by atoms with Crippen LogP contribution < -0.4 is 10.1 Å². The van der Waals surface area contributed by atoms with Gasteiger partial charge in [0.1, 0.15) is 11.8 Å². The summed E-state index contributed by atoms with van der Waals surface area (Å²) in [6.07, 6.45) is -1.53. The molecule has 1 N–H and O–H groups in total. The van der Waals surface area contributed by atoms with Crippen LogP contribution in [0.3, 0.4) is 0 Å². The quantitative estimate of drug-likeness (QED) is 0.617.